The fourth-order valence-electron chi connectivity index (χ4n) is 3.06. The van der Waals surface area contributed by atoms with Gasteiger partial charge in [0, 0.05) is 19.4 Å². The minimum Gasteiger partial charge on any atom is -0.312 e. The molecule has 0 fully saturated rings. The van der Waals surface area contributed by atoms with Crippen LogP contribution in [0, 0.1) is 0 Å². The first-order valence-electron chi connectivity index (χ1n) is 8.17. The molecule has 1 amide bonds. The third kappa shape index (κ3) is 2.98. The molecule has 2 heterocycles. The Balaban J connectivity index is 2.13. The zero-order valence-corrected chi connectivity index (χ0v) is 14.9. The largest absolute Gasteiger partial charge is 0.312 e. The summed E-state index contributed by atoms with van der Waals surface area (Å²) in [7, 11) is 1.84. The molecule has 0 spiro atoms. The molecule has 1 N–H and O–H groups in total. The number of anilines is 1. The van der Waals surface area contributed by atoms with E-state index in [1.165, 1.54) is 17.3 Å². The third-order valence-corrected chi connectivity index (χ3v) is 5.28. The highest BCUT2D eigenvalue weighted by Gasteiger charge is 2.31. The van der Waals surface area contributed by atoms with Crippen molar-refractivity contribution in [1.29, 1.82) is 0 Å². The molecular formula is C18H21N3O2S. The number of aromatic nitrogens is 2. The van der Waals surface area contributed by atoms with E-state index in [2.05, 4.69) is 29.4 Å². The van der Waals surface area contributed by atoms with Crippen LogP contribution in [0.3, 0.4) is 0 Å². The SMILES string of the molecule is CCSc1nc(=O)c2c(n1C)NC(=O)C[C@H]2c1ccc(CC)cc1. The Labute approximate surface area is 145 Å². The molecule has 0 unspecified atom stereocenters. The predicted molar refractivity (Wildman–Crippen MR) is 96.8 cm³/mol. The molecule has 126 valence electrons. The van der Waals surface area contributed by atoms with Crippen molar-refractivity contribution >= 4 is 23.5 Å². The summed E-state index contributed by atoms with van der Waals surface area (Å²) in [5.74, 6) is 1.08. The third-order valence-electron chi connectivity index (χ3n) is 4.36. The highest BCUT2D eigenvalue weighted by atomic mass is 32.2. The molecule has 24 heavy (non-hydrogen) atoms. The summed E-state index contributed by atoms with van der Waals surface area (Å²) < 4.78 is 1.81. The van der Waals surface area contributed by atoms with E-state index in [9.17, 15) is 9.59 Å². The Morgan fingerprint density at radius 3 is 2.58 bits per heavy atom. The van der Waals surface area contributed by atoms with Crippen LogP contribution in [-0.4, -0.2) is 21.2 Å². The zero-order chi connectivity index (χ0) is 17.3. The maximum absolute atomic E-state index is 12.6. The van der Waals surface area contributed by atoms with Crippen molar-refractivity contribution in [2.75, 3.05) is 11.1 Å². The number of fused-ring (bicyclic) bond motifs is 1. The summed E-state index contributed by atoms with van der Waals surface area (Å²) in [4.78, 5) is 29.1. The lowest BCUT2D eigenvalue weighted by molar-refractivity contribution is -0.116. The van der Waals surface area contributed by atoms with E-state index in [1.54, 1.807) is 0 Å². The van der Waals surface area contributed by atoms with Gasteiger partial charge in [0.05, 0.1) is 5.56 Å². The fraction of sp³-hybridized carbons (Fsp3) is 0.389. The molecule has 0 saturated carbocycles. The number of amides is 1. The predicted octanol–water partition coefficient (Wildman–Crippen LogP) is 2.93. The lowest BCUT2D eigenvalue weighted by Crippen LogP contribution is -2.33. The van der Waals surface area contributed by atoms with E-state index in [0.717, 1.165) is 17.7 Å². The van der Waals surface area contributed by atoms with Crippen molar-refractivity contribution in [2.24, 2.45) is 7.05 Å². The van der Waals surface area contributed by atoms with Gasteiger partial charge in [-0.15, -0.1) is 0 Å². The zero-order valence-electron chi connectivity index (χ0n) is 14.1. The minimum atomic E-state index is -0.247. The second-order valence-corrected chi connectivity index (χ2v) is 7.09. The fourth-order valence-corrected chi connectivity index (χ4v) is 3.75. The van der Waals surface area contributed by atoms with Gasteiger partial charge in [0.25, 0.3) is 5.56 Å². The standard InChI is InChI=1S/C18H21N3O2S/c1-4-11-6-8-12(9-7-11)13-10-14(22)19-16-15(13)17(23)20-18(21(16)3)24-5-2/h6-9,13H,4-5,10H2,1-3H3,(H,19,22)/t13-/m0/s1. The summed E-state index contributed by atoms with van der Waals surface area (Å²) in [5, 5.41) is 3.49. The quantitative estimate of drug-likeness (QED) is 0.685. The van der Waals surface area contributed by atoms with Gasteiger partial charge in [-0.25, -0.2) is 0 Å². The summed E-state index contributed by atoms with van der Waals surface area (Å²) in [5.41, 5.74) is 2.56. The Kier molecular flexibility index (Phi) is 4.76. The number of thioether (sulfide) groups is 1. The van der Waals surface area contributed by atoms with Crippen LogP contribution < -0.4 is 10.9 Å². The average molecular weight is 343 g/mol. The van der Waals surface area contributed by atoms with E-state index in [-0.39, 0.29) is 23.8 Å². The smallest absolute Gasteiger partial charge is 0.279 e. The molecule has 0 radical (unpaired) electrons. The van der Waals surface area contributed by atoms with Crippen molar-refractivity contribution in [3.05, 3.63) is 51.3 Å². The van der Waals surface area contributed by atoms with E-state index < -0.39 is 0 Å². The molecule has 2 aromatic rings. The van der Waals surface area contributed by atoms with Gasteiger partial charge in [0.1, 0.15) is 5.82 Å². The second-order valence-electron chi connectivity index (χ2n) is 5.85. The number of carbonyl (C=O) groups is 1. The topological polar surface area (TPSA) is 64.0 Å². The van der Waals surface area contributed by atoms with Crippen LogP contribution >= 0.6 is 11.8 Å². The van der Waals surface area contributed by atoms with Crippen LogP contribution in [0.15, 0.2) is 34.2 Å². The lowest BCUT2D eigenvalue weighted by atomic mass is 9.86. The van der Waals surface area contributed by atoms with Gasteiger partial charge >= 0.3 is 0 Å². The first kappa shape index (κ1) is 16.8. The van der Waals surface area contributed by atoms with Crippen molar-refractivity contribution in [3.63, 3.8) is 0 Å². The first-order chi connectivity index (χ1) is 11.5. The van der Waals surface area contributed by atoms with E-state index in [1.807, 2.05) is 30.7 Å². The van der Waals surface area contributed by atoms with E-state index in [4.69, 9.17) is 0 Å². The van der Waals surface area contributed by atoms with Crippen molar-refractivity contribution in [3.8, 4) is 0 Å². The van der Waals surface area contributed by atoms with Crippen LogP contribution in [0.1, 0.15) is 42.9 Å². The number of hydrogen-bond acceptors (Lipinski definition) is 4. The highest BCUT2D eigenvalue weighted by molar-refractivity contribution is 7.99. The highest BCUT2D eigenvalue weighted by Crippen LogP contribution is 2.35. The molecule has 0 saturated heterocycles. The number of hydrogen-bond donors (Lipinski definition) is 1. The number of aryl methyl sites for hydroxylation is 1. The van der Waals surface area contributed by atoms with E-state index in [0.29, 0.717) is 16.5 Å². The summed E-state index contributed by atoms with van der Waals surface area (Å²) in [6, 6.07) is 8.14. The molecule has 0 aliphatic carbocycles. The van der Waals surface area contributed by atoms with Gasteiger partial charge < -0.3 is 9.88 Å². The Bertz CT molecular complexity index is 827. The normalized spacial score (nSPS) is 16.6. The molecule has 1 aromatic carbocycles. The van der Waals surface area contributed by atoms with Crippen LogP contribution in [0.5, 0.6) is 0 Å². The number of benzene rings is 1. The van der Waals surface area contributed by atoms with Crippen LogP contribution in [-0.2, 0) is 18.3 Å². The van der Waals surface area contributed by atoms with Crippen molar-refractivity contribution < 1.29 is 4.79 Å². The number of rotatable bonds is 4. The van der Waals surface area contributed by atoms with Crippen LogP contribution in [0.4, 0.5) is 5.82 Å². The van der Waals surface area contributed by atoms with E-state index >= 15 is 0 Å². The van der Waals surface area contributed by atoms with Gasteiger partial charge in [0.15, 0.2) is 5.16 Å². The van der Waals surface area contributed by atoms with Gasteiger partial charge in [0.2, 0.25) is 5.91 Å². The maximum Gasteiger partial charge on any atom is 0.279 e. The average Bonchev–Trinajstić information content (AvgIpc) is 2.59. The first-order valence-corrected chi connectivity index (χ1v) is 9.16. The lowest BCUT2D eigenvalue weighted by Gasteiger charge is -2.27. The van der Waals surface area contributed by atoms with Crippen LogP contribution in [0.25, 0.3) is 0 Å². The molecule has 1 aliphatic rings. The molecule has 3 rings (SSSR count). The molecular weight excluding hydrogens is 322 g/mol. The van der Waals surface area contributed by atoms with Gasteiger partial charge in [-0.3, -0.25) is 9.59 Å². The summed E-state index contributed by atoms with van der Waals surface area (Å²) in [6.07, 6.45) is 1.23. The number of carbonyl (C=O) groups excluding carboxylic acids is 1. The summed E-state index contributed by atoms with van der Waals surface area (Å²) >= 11 is 1.49. The van der Waals surface area contributed by atoms with Gasteiger partial charge in [-0.1, -0.05) is 49.9 Å². The monoisotopic (exact) mass is 343 g/mol. The molecule has 0 bridgehead atoms. The molecule has 1 atom stereocenters. The Morgan fingerprint density at radius 2 is 1.96 bits per heavy atom. The van der Waals surface area contributed by atoms with Crippen molar-refractivity contribution in [2.45, 2.75) is 37.8 Å². The van der Waals surface area contributed by atoms with Crippen LogP contribution in [0.2, 0.25) is 0 Å². The number of nitrogens with one attached hydrogen (secondary N) is 1. The van der Waals surface area contributed by atoms with Crippen molar-refractivity contribution in [1.82, 2.24) is 9.55 Å². The number of nitrogens with zero attached hydrogens (tertiary/aromatic N) is 2. The maximum atomic E-state index is 12.6. The molecule has 6 heteroatoms. The molecule has 5 nitrogen and oxygen atoms in total. The Hall–Kier alpha value is -2.08. The molecule has 1 aliphatic heterocycles. The second kappa shape index (κ2) is 6.81. The molecule has 1 aromatic heterocycles. The van der Waals surface area contributed by atoms with Gasteiger partial charge in [-0.05, 0) is 23.3 Å². The Morgan fingerprint density at radius 1 is 1.25 bits per heavy atom. The van der Waals surface area contributed by atoms with Gasteiger partial charge in [-0.2, -0.15) is 4.98 Å². The summed E-state index contributed by atoms with van der Waals surface area (Å²) in [6.45, 7) is 4.11. The minimum absolute atomic E-state index is 0.0688.